The number of hydrogen-bond acceptors (Lipinski definition) is 2. The average Bonchev–Trinajstić information content (AvgIpc) is 2.67. The first-order chi connectivity index (χ1) is 8.74. The highest BCUT2D eigenvalue weighted by atomic mass is 19.1. The summed E-state index contributed by atoms with van der Waals surface area (Å²) in [5.41, 5.74) is 1.07. The van der Waals surface area contributed by atoms with E-state index < -0.39 is 0 Å². The average molecular weight is 250 g/mol. The Kier molecular flexibility index (Phi) is 2.91. The Morgan fingerprint density at radius 2 is 2.33 bits per heavy atom. The van der Waals surface area contributed by atoms with Crippen LogP contribution in [0.1, 0.15) is 19.3 Å². The molecule has 1 saturated heterocycles. The number of imidazole rings is 1. The van der Waals surface area contributed by atoms with Gasteiger partial charge in [-0.05, 0) is 37.5 Å². The summed E-state index contributed by atoms with van der Waals surface area (Å²) in [5.74, 6) is -0.334. The minimum Gasteiger partial charge on any atom is -0.376 e. The molecule has 0 amide bonds. The van der Waals surface area contributed by atoms with Gasteiger partial charge in [0.2, 0.25) is 0 Å². The molecular weight excluding hydrogens is 235 g/mol. The van der Waals surface area contributed by atoms with Gasteiger partial charge in [-0.25, -0.2) is 9.18 Å². The Balaban J connectivity index is 1.97. The second kappa shape index (κ2) is 4.57. The van der Waals surface area contributed by atoms with Crippen LogP contribution < -0.4 is 5.69 Å². The van der Waals surface area contributed by atoms with Crippen LogP contribution in [0.15, 0.2) is 23.0 Å². The highest BCUT2D eigenvalue weighted by Gasteiger charge is 2.17. The molecule has 2 aromatic rings. The summed E-state index contributed by atoms with van der Waals surface area (Å²) in [6, 6.07) is 4.32. The molecule has 0 aliphatic carbocycles. The summed E-state index contributed by atoms with van der Waals surface area (Å²) < 4.78 is 20.4. The number of aromatic nitrogens is 2. The molecule has 96 valence electrons. The summed E-state index contributed by atoms with van der Waals surface area (Å²) in [6.07, 6.45) is 3.21. The van der Waals surface area contributed by atoms with Crippen molar-refractivity contribution in [3.8, 4) is 0 Å². The monoisotopic (exact) mass is 250 g/mol. The molecule has 1 unspecified atom stereocenters. The van der Waals surface area contributed by atoms with Gasteiger partial charge in [0.25, 0.3) is 0 Å². The third-order valence-corrected chi connectivity index (χ3v) is 3.40. The zero-order valence-electron chi connectivity index (χ0n) is 9.99. The van der Waals surface area contributed by atoms with E-state index in [4.69, 9.17) is 4.74 Å². The van der Waals surface area contributed by atoms with Crippen molar-refractivity contribution in [1.82, 2.24) is 9.55 Å². The molecule has 0 radical (unpaired) electrons. The van der Waals surface area contributed by atoms with Crippen molar-refractivity contribution in [2.24, 2.45) is 0 Å². The molecule has 0 saturated carbocycles. The topological polar surface area (TPSA) is 47.0 Å². The van der Waals surface area contributed by atoms with Gasteiger partial charge in [-0.2, -0.15) is 0 Å². The molecule has 1 aliphatic heterocycles. The van der Waals surface area contributed by atoms with E-state index in [2.05, 4.69) is 4.98 Å². The number of H-pyrrole nitrogens is 1. The maximum atomic E-state index is 13.2. The van der Waals surface area contributed by atoms with Crippen LogP contribution in [0.3, 0.4) is 0 Å². The van der Waals surface area contributed by atoms with Crippen molar-refractivity contribution >= 4 is 11.0 Å². The van der Waals surface area contributed by atoms with E-state index in [1.54, 1.807) is 10.6 Å². The Hall–Kier alpha value is -1.62. The second-order valence-electron chi connectivity index (χ2n) is 4.69. The largest absolute Gasteiger partial charge is 0.376 e. The van der Waals surface area contributed by atoms with Crippen LogP contribution in [0.2, 0.25) is 0 Å². The first kappa shape index (κ1) is 11.5. The molecule has 1 N–H and O–H groups in total. The van der Waals surface area contributed by atoms with Gasteiger partial charge in [-0.15, -0.1) is 0 Å². The molecule has 1 atom stereocenters. The third-order valence-electron chi connectivity index (χ3n) is 3.40. The van der Waals surface area contributed by atoms with Crippen LogP contribution in [-0.2, 0) is 11.3 Å². The molecule has 0 bridgehead atoms. The van der Waals surface area contributed by atoms with E-state index in [0.29, 0.717) is 17.6 Å². The van der Waals surface area contributed by atoms with E-state index in [1.807, 2.05) is 0 Å². The first-order valence-electron chi connectivity index (χ1n) is 6.24. The van der Waals surface area contributed by atoms with Crippen molar-refractivity contribution in [2.75, 3.05) is 6.61 Å². The highest BCUT2D eigenvalue weighted by Crippen LogP contribution is 2.17. The molecule has 1 aromatic carbocycles. The van der Waals surface area contributed by atoms with E-state index >= 15 is 0 Å². The standard InChI is InChI=1S/C13H15FN2O2/c14-9-4-5-11-12(7-9)16(13(17)15-11)8-10-3-1-2-6-18-10/h4-5,7,10H,1-3,6,8H2,(H,15,17). The van der Waals surface area contributed by atoms with Gasteiger partial charge in [-0.1, -0.05) is 0 Å². The summed E-state index contributed by atoms with van der Waals surface area (Å²) in [6.45, 7) is 1.23. The van der Waals surface area contributed by atoms with Crippen LogP contribution >= 0.6 is 0 Å². The smallest absolute Gasteiger partial charge is 0.326 e. The lowest BCUT2D eigenvalue weighted by Gasteiger charge is -2.22. The van der Waals surface area contributed by atoms with Gasteiger partial charge < -0.3 is 9.72 Å². The van der Waals surface area contributed by atoms with Crippen molar-refractivity contribution in [1.29, 1.82) is 0 Å². The van der Waals surface area contributed by atoms with E-state index in [0.717, 1.165) is 25.9 Å². The minimum atomic E-state index is -0.334. The maximum Gasteiger partial charge on any atom is 0.326 e. The fourth-order valence-electron chi connectivity index (χ4n) is 2.46. The SMILES string of the molecule is O=c1[nH]c2ccc(F)cc2n1CC1CCCCO1. The zero-order valence-corrected chi connectivity index (χ0v) is 9.99. The summed E-state index contributed by atoms with van der Waals surface area (Å²) in [7, 11) is 0. The molecule has 5 heteroatoms. The van der Waals surface area contributed by atoms with Crippen LogP contribution in [0.4, 0.5) is 4.39 Å². The van der Waals surface area contributed by atoms with Crippen molar-refractivity contribution in [3.05, 3.63) is 34.5 Å². The fraction of sp³-hybridized carbons (Fsp3) is 0.462. The molecule has 1 aliphatic rings. The predicted octanol–water partition coefficient (Wildman–Crippen LogP) is 2.04. The number of nitrogens with zero attached hydrogens (tertiary/aromatic N) is 1. The number of aromatic amines is 1. The molecule has 2 heterocycles. The molecule has 3 rings (SSSR count). The van der Waals surface area contributed by atoms with Crippen LogP contribution in [0.5, 0.6) is 0 Å². The summed E-state index contributed by atoms with van der Waals surface area (Å²) in [4.78, 5) is 14.6. The van der Waals surface area contributed by atoms with E-state index in [1.165, 1.54) is 12.1 Å². The van der Waals surface area contributed by atoms with E-state index in [-0.39, 0.29) is 17.6 Å². The van der Waals surface area contributed by atoms with Crippen molar-refractivity contribution < 1.29 is 9.13 Å². The molecule has 0 spiro atoms. The number of halogens is 1. The van der Waals surface area contributed by atoms with Gasteiger partial charge in [0.15, 0.2) is 0 Å². The lowest BCUT2D eigenvalue weighted by molar-refractivity contribution is 0.00613. The van der Waals surface area contributed by atoms with Crippen molar-refractivity contribution in [3.63, 3.8) is 0 Å². The normalized spacial score (nSPS) is 20.4. The van der Waals surface area contributed by atoms with E-state index in [9.17, 15) is 9.18 Å². The summed E-state index contributed by atoms with van der Waals surface area (Å²) in [5, 5.41) is 0. The van der Waals surface area contributed by atoms with Gasteiger partial charge >= 0.3 is 5.69 Å². The Morgan fingerprint density at radius 1 is 1.44 bits per heavy atom. The maximum absolute atomic E-state index is 13.2. The minimum absolute atomic E-state index is 0.0544. The molecule has 4 nitrogen and oxygen atoms in total. The Morgan fingerprint density at radius 3 is 3.11 bits per heavy atom. The van der Waals surface area contributed by atoms with Crippen LogP contribution in [-0.4, -0.2) is 22.3 Å². The highest BCUT2D eigenvalue weighted by molar-refractivity contribution is 5.75. The number of ether oxygens (including phenoxy) is 1. The number of hydrogen-bond donors (Lipinski definition) is 1. The van der Waals surface area contributed by atoms with Crippen LogP contribution in [0, 0.1) is 5.82 Å². The van der Waals surface area contributed by atoms with Gasteiger partial charge in [0.1, 0.15) is 5.82 Å². The number of nitrogens with one attached hydrogen (secondary N) is 1. The lowest BCUT2D eigenvalue weighted by Crippen LogP contribution is -2.29. The fourth-order valence-corrected chi connectivity index (χ4v) is 2.46. The summed E-state index contributed by atoms with van der Waals surface area (Å²) >= 11 is 0. The molecular formula is C13H15FN2O2. The molecule has 1 aromatic heterocycles. The lowest BCUT2D eigenvalue weighted by atomic mass is 10.1. The quantitative estimate of drug-likeness (QED) is 0.886. The van der Waals surface area contributed by atoms with Gasteiger partial charge in [0.05, 0.1) is 23.7 Å². The van der Waals surface area contributed by atoms with Gasteiger partial charge in [-0.3, -0.25) is 4.57 Å². The third kappa shape index (κ3) is 2.06. The zero-order chi connectivity index (χ0) is 12.5. The number of rotatable bonds is 2. The van der Waals surface area contributed by atoms with Crippen LogP contribution in [0.25, 0.3) is 11.0 Å². The first-order valence-corrected chi connectivity index (χ1v) is 6.24. The van der Waals surface area contributed by atoms with Crippen molar-refractivity contribution in [2.45, 2.75) is 31.9 Å². The number of benzene rings is 1. The number of fused-ring (bicyclic) bond motifs is 1. The second-order valence-corrected chi connectivity index (χ2v) is 4.69. The van der Waals surface area contributed by atoms with Gasteiger partial charge in [0, 0.05) is 6.61 Å². The predicted molar refractivity (Wildman–Crippen MR) is 66.1 cm³/mol. The Labute approximate surface area is 103 Å². The molecule has 18 heavy (non-hydrogen) atoms. The Bertz CT molecular complexity index is 611. The molecule has 1 fully saturated rings.